The summed E-state index contributed by atoms with van der Waals surface area (Å²) < 4.78 is 5.56. The number of thioether (sulfide) groups is 1. The molecule has 3 aromatic rings. The van der Waals surface area contributed by atoms with Crippen LogP contribution in [0.15, 0.2) is 47.4 Å². The molecule has 0 bridgehead atoms. The van der Waals surface area contributed by atoms with Crippen LogP contribution in [0, 0.1) is 0 Å². The van der Waals surface area contributed by atoms with Crippen molar-refractivity contribution in [1.29, 1.82) is 0 Å². The first-order valence-electron chi connectivity index (χ1n) is 10.3. The van der Waals surface area contributed by atoms with Crippen LogP contribution in [0.2, 0.25) is 0 Å². The van der Waals surface area contributed by atoms with Crippen LogP contribution in [0.4, 0.5) is 0 Å². The molecule has 0 aliphatic rings. The maximum absolute atomic E-state index is 5.56. The number of rotatable bonds is 11. The van der Waals surface area contributed by atoms with E-state index in [-0.39, 0.29) is 0 Å². The molecule has 27 heavy (non-hydrogen) atoms. The van der Waals surface area contributed by atoms with Gasteiger partial charge >= 0.3 is 0 Å². The fraction of sp³-hybridized carbons (Fsp3) is 0.458. The molecule has 144 valence electrons. The number of methoxy groups -OCH3 is 1. The number of pyridine rings is 1. The smallest absolute Gasteiger partial charge is 0.145 e. The zero-order valence-electron chi connectivity index (χ0n) is 16.7. The van der Waals surface area contributed by atoms with E-state index in [1.165, 1.54) is 67.0 Å². The van der Waals surface area contributed by atoms with Crippen molar-refractivity contribution >= 4 is 33.6 Å². The third kappa shape index (κ3) is 5.16. The van der Waals surface area contributed by atoms with Gasteiger partial charge in [0.15, 0.2) is 0 Å². The molecule has 0 spiro atoms. The second kappa shape index (κ2) is 10.6. The molecule has 3 rings (SSSR count). The second-order valence-electron chi connectivity index (χ2n) is 7.14. The Bertz CT molecular complexity index is 861. The summed E-state index contributed by atoms with van der Waals surface area (Å²) in [4.78, 5) is 6.21. The van der Waals surface area contributed by atoms with Crippen LogP contribution in [0.25, 0.3) is 21.8 Å². The lowest BCUT2D eigenvalue weighted by molar-refractivity contribution is 0.419. The molecule has 0 atom stereocenters. The molecule has 0 aliphatic heterocycles. The zero-order chi connectivity index (χ0) is 18.9. The minimum Gasteiger partial charge on any atom is -0.494 e. The maximum atomic E-state index is 5.56. The van der Waals surface area contributed by atoms with Gasteiger partial charge in [-0.3, -0.25) is 0 Å². The summed E-state index contributed by atoms with van der Waals surface area (Å²) in [6.45, 7) is 2.28. The number of nitrogens with zero attached hydrogens (tertiary/aromatic N) is 1. The number of benzene rings is 2. The molecule has 0 radical (unpaired) electrons. The van der Waals surface area contributed by atoms with Crippen molar-refractivity contribution in [3.8, 4) is 5.75 Å². The van der Waals surface area contributed by atoms with Gasteiger partial charge in [0.25, 0.3) is 0 Å². The average molecular weight is 382 g/mol. The molecule has 1 aromatic heterocycles. The Morgan fingerprint density at radius 1 is 0.815 bits per heavy atom. The SMILES string of the molecule is CCCCCCCCCCSc1c2ccccc2nc2c(OC)cccc12. The summed E-state index contributed by atoms with van der Waals surface area (Å²) in [6.07, 6.45) is 10.9. The molecule has 2 nitrogen and oxygen atoms in total. The van der Waals surface area contributed by atoms with Crippen LogP contribution < -0.4 is 4.74 Å². The van der Waals surface area contributed by atoms with Crippen LogP contribution in [-0.2, 0) is 0 Å². The van der Waals surface area contributed by atoms with E-state index in [0.29, 0.717) is 0 Å². The van der Waals surface area contributed by atoms with E-state index in [9.17, 15) is 0 Å². The molecule has 2 aromatic carbocycles. The summed E-state index contributed by atoms with van der Waals surface area (Å²) in [5.41, 5.74) is 2.02. The predicted molar refractivity (Wildman–Crippen MR) is 119 cm³/mol. The number of fused-ring (bicyclic) bond motifs is 2. The Morgan fingerprint density at radius 3 is 2.30 bits per heavy atom. The summed E-state index contributed by atoms with van der Waals surface area (Å²) in [6, 6.07) is 14.7. The Labute approximate surface area is 167 Å². The van der Waals surface area contributed by atoms with Crippen molar-refractivity contribution in [3.05, 3.63) is 42.5 Å². The van der Waals surface area contributed by atoms with E-state index in [1.807, 2.05) is 17.8 Å². The molecular weight excluding hydrogens is 350 g/mol. The second-order valence-corrected chi connectivity index (χ2v) is 8.24. The number of hydrogen-bond acceptors (Lipinski definition) is 3. The van der Waals surface area contributed by atoms with E-state index in [1.54, 1.807) is 7.11 Å². The fourth-order valence-electron chi connectivity index (χ4n) is 3.58. The van der Waals surface area contributed by atoms with Gasteiger partial charge in [-0.05, 0) is 24.3 Å². The lowest BCUT2D eigenvalue weighted by atomic mass is 10.1. The van der Waals surface area contributed by atoms with Crippen molar-refractivity contribution in [2.24, 2.45) is 0 Å². The van der Waals surface area contributed by atoms with Crippen molar-refractivity contribution in [2.45, 2.75) is 63.2 Å². The first-order valence-corrected chi connectivity index (χ1v) is 11.3. The van der Waals surface area contributed by atoms with Gasteiger partial charge < -0.3 is 4.74 Å². The number of para-hydroxylation sites is 2. The topological polar surface area (TPSA) is 22.1 Å². The van der Waals surface area contributed by atoms with Gasteiger partial charge in [0.1, 0.15) is 11.3 Å². The molecule has 0 saturated carbocycles. The highest BCUT2D eigenvalue weighted by molar-refractivity contribution is 7.99. The average Bonchev–Trinajstić information content (AvgIpc) is 2.71. The van der Waals surface area contributed by atoms with Crippen LogP contribution in [0.1, 0.15) is 58.3 Å². The number of unbranched alkanes of at least 4 members (excludes halogenated alkanes) is 7. The molecule has 0 saturated heterocycles. The first kappa shape index (κ1) is 20.0. The fourth-order valence-corrected chi connectivity index (χ4v) is 4.78. The van der Waals surface area contributed by atoms with E-state index in [4.69, 9.17) is 9.72 Å². The van der Waals surface area contributed by atoms with Crippen LogP contribution in [0.3, 0.4) is 0 Å². The molecule has 0 amide bonds. The largest absolute Gasteiger partial charge is 0.494 e. The van der Waals surface area contributed by atoms with Gasteiger partial charge in [-0.25, -0.2) is 4.98 Å². The summed E-state index contributed by atoms with van der Waals surface area (Å²) in [5.74, 6) is 2.02. The van der Waals surface area contributed by atoms with Crippen LogP contribution in [-0.4, -0.2) is 17.8 Å². The highest BCUT2D eigenvalue weighted by Gasteiger charge is 2.12. The number of ether oxygens (including phenoxy) is 1. The first-order chi connectivity index (χ1) is 13.3. The summed E-state index contributed by atoms with van der Waals surface area (Å²) >= 11 is 1.97. The van der Waals surface area contributed by atoms with E-state index < -0.39 is 0 Å². The highest BCUT2D eigenvalue weighted by atomic mass is 32.2. The molecule has 0 N–H and O–H groups in total. The predicted octanol–water partition coefficient (Wildman–Crippen LogP) is 7.63. The molecule has 3 heteroatoms. The molecular formula is C24H31NOS. The monoisotopic (exact) mass is 381 g/mol. The Hall–Kier alpha value is -1.74. The standard InChI is InChI=1S/C24H31NOS/c1-3-4-5-6-7-8-9-12-18-27-24-19-14-10-11-16-21(19)25-23-20(24)15-13-17-22(23)26-2/h10-11,13-17H,3-9,12,18H2,1-2H3. The van der Waals surface area contributed by atoms with Gasteiger partial charge in [-0.15, -0.1) is 11.8 Å². The van der Waals surface area contributed by atoms with Gasteiger partial charge in [-0.1, -0.05) is 82.2 Å². The number of aromatic nitrogens is 1. The minimum absolute atomic E-state index is 0.854. The lowest BCUT2D eigenvalue weighted by Crippen LogP contribution is -1.92. The number of hydrogen-bond donors (Lipinski definition) is 0. The molecule has 0 unspecified atom stereocenters. The maximum Gasteiger partial charge on any atom is 0.145 e. The van der Waals surface area contributed by atoms with Crippen molar-refractivity contribution in [3.63, 3.8) is 0 Å². The molecule has 0 aliphatic carbocycles. The Kier molecular flexibility index (Phi) is 7.82. The van der Waals surface area contributed by atoms with Crippen molar-refractivity contribution in [1.82, 2.24) is 4.98 Å². The molecule has 1 heterocycles. The lowest BCUT2D eigenvalue weighted by Gasteiger charge is -2.12. The third-order valence-electron chi connectivity index (χ3n) is 5.09. The quantitative estimate of drug-likeness (QED) is 0.194. The summed E-state index contributed by atoms with van der Waals surface area (Å²) in [5, 5.41) is 2.46. The van der Waals surface area contributed by atoms with Gasteiger partial charge in [0, 0.05) is 15.7 Å². The van der Waals surface area contributed by atoms with Crippen LogP contribution >= 0.6 is 11.8 Å². The zero-order valence-corrected chi connectivity index (χ0v) is 17.5. The summed E-state index contributed by atoms with van der Waals surface area (Å²) in [7, 11) is 1.72. The minimum atomic E-state index is 0.854. The third-order valence-corrected chi connectivity index (χ3v) is 6.31. The van der Waals surface area contributed by atoms with E-state index in [0.717, 1.165) is 22.5 Å². The normalized spacial score (nSPS) is 11.3. The Morgan fingerprint density at radius 2 is 1.52 bits per heavy atom. The van der Waals surface area contributed by atoms with E-state index in [2.05, 4.69) is 43.3 Å². The Balaban J connectivity index is 1.67. The molecule has 0 fully saturated rings. The van der Waals surface area contributed by atoms with Crippen molar-refractivity contribution in [2.75, 3.05) is 12.9 Å². The van der Waals surface area contributed by atoms with Crippen LogP contribution in [0.5, 0.6) is 5.75 Å². The van der Waals surface area contributed by atoms with Gasteiger partial charge in [-0.2, -0.15) is 0 Å². The van der Waals surface area contributed by atoms with Gasteiger partial charge in [0.2, 0.25) is 0 Å². The van der Waals surface area contributed by atoms with Gasteiger partial charge in [0.05, 0.1) is 12.6 Å². The highest BCUT2D eigenvalue weighted by Crippen LogP contribution is 2.37. The van der Waals surface area contributed by atoms with E-state index >= 15 is 0 Å². The van der Waals surface area contributed by atoms with Crippen molar-refractivity contribution < 1.29 is 4.74 Å².